The molecule has 0 aromatic heterocycles. The van der Waals surface area contributed by atoms with E-state index in [4.69, 9.17) is 9.90 Å². The maximum Gasteiger partial charge on any atom is 0.300 e. The zero-order valence-corrected chi connectivity index (χ0v) is 13.4. The van der Waals surface area contributed by atoms with Crippen LogP contribution in [0.4, 0.5) is 0 Å². The van der Waals surface area contributed by atoms with Crippen LogP contribution in [0.2, 0.25) is 0 Å². The third kappa shape index (κ3) is 2.88. The molecule has 0 spiro atoms. The lowest BCUT2D eigenvalue weighted by Gasteiger charge is -2.58. The Hall–Kier alpha value is -0.570. The Kier molecular flexibility index (Phi) is 3.96. The highest BCUT2D eigenvalue weighted by Gasteiger charge is 2.59. The normalized spacial score (nSPS) is 45.0. The van der Waals surface area contributed by atoms with Crippen molar-refractivity contribution in [1.82, 2.24) is 0 Å². The van der Waals surface area contributed by atoms with Crippen LogP contribution in [0.5, 0.6) is 0 Å². The largest absolute Gasteiger partial charge is 0.481 e. The van der Waals surface area contributed by atoms with E-state index in [1.165, 1.54) is 32.1 Å². The molecular weight excluding hydrogens is 252 g/mol. The lowest BCUT2D eigenvalue weighted by Crippen LogP contribution is -2.56. The Bertz CT molecular complexity index is 386. The number of carbonyl (C=O) groups is 1. The van der Waals surface area contributed by atoms with Gasteiger partial charge in [0.15, 0.2) is 0 Å². The van der Waals surface area contributed by atoms with Crippen molar-refractivity contribution in [3.8, 4) is 0 Å². The first kappa shape index (κ1) is 15.8. The molecule has 3 nitrogen and oxygen atoms in total. The van der Waals surface area contributed by atoms with Gasteiger partial charge in [0, 0.05) is 6.92 Å². The second-order valence-electron chi connectivity index (χ2n) is 8.41. The van der Waals surface area contributed by atoms with E-state index in [1.54, 1.807) is 0 Å². The van der Waals surface area contributed by atoms with Gasteiger partial charge in [0.05, 0.1) is 5.60 Å². The van der Waals surface area contributed by atoms with E-state index >= 15 is 0 Å². The van der Waals surface area contributed by atoms with Crippen molar-refractivity contribution >= 4 is 5.97 Å². The number of carboxylic acids is 1. The van der Waals surface area contributed by atoms with Gasteiger partial charge in [0.25, 0.3) is 5.97 Å². The molecular formula is C17H30O3. The highest BCUT2D eigenvalue weighted by molar-refractivity contribution is 5.62. The summed E-state index contributed by atoms with van der Waals surface area (Å²) in [6.45, 7) is 8.29. The molecule has 3 saturated carbocycles. The van der Waals surface area contributed by atoms with Gasteiger partial charge >= 0.3 is 0 Å². The summed E-state index contributed by atoms with van der Waals surface area (Å²) in [5.74, 6) is 0.571. The fourth-order valence-electron chi connectivity index (χ4n) is 5.17. The van der Waals surface area contributed by atoms with Gasteiger partial charge in [0.2, 0.25) is 0 Å². The number of fused-ring (bicyclic) bond motifs is 4. The van der Waals surface area contributed by atoms with Crippen molar-refractivity contribution in [3.63, 3.8) is 0 Å². The maximum absolute atomic E-state index is 11.0. The second-order valence-corrected chi connectivity index (χ2v) is 8.41. The second kappa shape index (κ2) is 5.01. The first-order chi connectivity index (χ1) is 9.08. The summed E-state index contributed by atoms with van der Waals surface area (Å²) < 4.78 is 0. The Morgan fingerprint density at radius 3 is 2.25 bits per heavy atom. The number of aliphatic carboxylic acids is 1. The predicted octanol–water partition coefficient (Wildman–Crippen LogP) is 3.84. The van der Waals surface area contributed by atoms with Crippen LogP contribution in [0, 0.1) is 22.7 Å². The minimum atomic E-state index is -0.833. The molecule has 3 aliphatic rings. The summed E-state index contributed by atoms with van der Waals surface area (Å²) in [5.41, 5.74) is 0.637. The summed E-state index contributed by atoms with van der Waals surface area (Å²) in [6.07, 6.45) is 8.70. The molecule has 0 saturated heterocycles. The molecule has 0 amide bonds. The SMILES string of the molecule is CC(=O)O.CC1(C)C[C@H]2[C@H]1CC[C@]1(C)CCC[C@@]2(O)C1. The quantitative estimate of drug-likeness (QED) is 0.709. The highest BCUT2D eigenvalue weighted by atomic mass is 16.4. The summed E-state index contributed by atoms with van der Waals surface area (Å²) in [7, 11) is 0. The molecule has 20 heavy (non-hydrogen) atoms. The van der Waals surface area contributed by atoms with Gasteiger partial charge in [0.1, 0.15) is 0 Å². The van der Waals surface area contributed by atoms with E-state index in [0.29, 0.717) is 16.7 Å². The number of aliphatic hydroxyl groups is 1. The average Bonchev–Trinajstić information content (AvgIpc) is 2.30. The van der Waals surface area contributed by atoms with E-state index in [2.05, 4.69) is 20.8 Å². The minimum absolute atomic E-state index is 0.302. The van der Waals surface area contributed by atoms with E-state index < -0.39 is 5.97 Å². The molecule has 0 radical (unpaired) electrons. The molecule has 0 unspecified atom stereocenters. The van der Waals surface area contributed by atoms with Crippen molar-refractivity contribution < 1.29 is 15.0 Å². The molecule has 2 N–H and O–H groups in total. The number of hydrogen-bond donors (Lipinski definition) is 2. The topological polar surface area (TPSA) is 57.5 Å². The van der Waals surface area contributed by atoms with E-state index in [9.17, 15) is 5.11 Å². The van der Waals surface area contributed by atoms with E-state index in [0.717, 1.165) is 25.7 Å². The number of carboxylic acid groups (broad SMARTS) is 1. The van der Waals surface area contributed by atoms with E-state index in [1.807, 2.05) is 0 Å². The Morgan fingerprint density at radius 1 is 1.10 bits per heavy atom. The van der Waals surface area contributed by atoms with Crippen LogP contribution in [0.15, 0.2) is 0 Å². The van der Waals surface area contributed by atoms with Crippen molar-refractivity contribution in [3.05, 3.63) is 0 Å². The zero-order valence-electron chi connectivity index (χ0n) is 13.4. The van der Waals surface area contributed by atoms with Crippen molar-refractivity contribution in [2.75, 3.05) is 0 Å². The molecule has 0 heterocycles. The van der Waals surface area contributed by atoms with E-state index in [-0.39, 0.29) is 5.60 Å². The lowest BCUT2D eigenvalue weighted by atomic mass is 9.49. The molecule has 4 atom stereocenters. The smallest absolute Gasteiger partial charge is 0.300 e. The van der Waals surface area contributed by atoms with Crippen LogP contribution in [-0.4, -0.2) is 21.8 Å². The molecule has 3 fully saturated rings. The summed E-state index contributed by atoms with van der Waals surface area (Å²) in [6, 6.07) is 0. The van der Waals surface area contributed by atoms with Gasteiger partial charge in [-0.25, -0.2) is 0 Å². The standard InChI is InChI=1S/C15H26O.C2H4O2/c1-13(2)9-12-11(13)5-8-14(3)6-4-7-15(12,16)10-14;1-2(3)4/h11-12,16H,4-10H2,1-3H3;1H3,(H,3,4)/t11-,12+,14+,15-;/m1./s1. The Labute approximate surface area is 122 Å². The summed E-state index contributed by atoms with van der Waals surface area (Å²) >= 11 is 0. The first-order valence-electron chi connectivity index (χ1n) is 8.00. The number of rotatable bonds is 0. The predicted molar refractivity (Wildman–Crippen MR) is 79.4 cm³/mol. The molecule has 2 bridgehead atoms. The van der Waals surface area contributed by atoms with Gasteiger partial charge < -0.3 is 10.2 Å². The van der Waals surface area contributed by atoms with Crippen LogP contribution in [0.25, 0.3) is 0 Å². The van der Waals surface area contributed by atoms with Gasteiger partial charge in [-0.2, -0.15) is 0 Å². The third-order valence-electron chi connectivity index (χ3n) is 6.11. The Balaban J connectivity index is 0.000000328. The van der Waals surface area contributed by atoms with Gasteiger partial charge in [-0.15, -0.1) is 0 Å². The van der Waals surface area contributed by atoms with Crippen molar-refractivity contribution in [2.45, 2.75) is 78.2 Å². The van der Waals surface area contributed by atoms with Crippen LogP contribution < -0.4 is 0 Å². The van der Waals surface area contributed by atoms with Crippen molar-refractivity contribution in [2.24, 2.45) is 22.7 Å². The van der Waals surface area contributed by atoms with Crippen LogP contribution >= 0.6 is 0 Å². The molecule has 3 heteroatoms. The summed E-state index contributed by atoms with van der Waals surface area (Å²) in [4.78, 5) is 9.00. The molecule has 3 rings (SSSR count). The van der Waals surface area contributed by atoms with Crippen LogP contribution in [0.1, 0.15) is 72.6 Å². The maximum atomic E-state index is 11.0. The lowest BCUT2D eigenvalue weighted by molar-refractivity contribution is -0.161. The highest BCUT2D eigenvalue weighted by Crippen LogP contribution is 2.64. The third-order valence-corrected chi connectivity index (χ3v) is 6.11. The van der Waals surface area contributed by atoms with Gasteiger partial charge in [-0.05, 0) is 61.2 Å². The van der Waals surface area contributed by atoms with Gasteiger partial charge in [-0.1, -0.05) is 27.2 Å². The van der Waals surface area contributed by atoms with Gasteiger partial charge in [-0.3, -0.25) is 4.79 Å². The minimum Gasteiger partial charge on any atom is -0.481 e. The molecule has 0 aromatic rings. The molecule has 116 valence electrons. The van der Waals surface area contributed by atoms with Crippen LogP contribution in [0.3, 0.4) is 0 Å². The molecule has 3 aliphatic carbocycles. The fourth-order valence-corrected chi connectivity index (χ4v) is 5.17. The summed E-state index contributed by atoms with van der Waals surface area (Å²) in [5, 5.41) is 18.4. The molecule has 0 aromatic carbocycles. The first-order valence-corrected chi connectivity index (χ1v) is 8.00. The zero-order chi connectivity index (χ0) is 15.2. The van der Waals surface area contributed by atoms with Crippen molar-refractivity contribution in [1.29, 1.82) is 0 Å². The average molecular weight is 282 g/mol. The Morgan fingerprint density at radius 2 is 1.70 bits per heavy atom. The number of hydrogen-bond acceptors (Lipinski definition) is 2. The molecule has 0 aliphatic heterocycles. The fraction of sp³-hybridized carbons (Fsp3) is 0.941. The van der Waals surface area contributed by atoms with Crippen LogP contribution in [-0.2, 0) is 4.79 Å². The monoisotopic (exact) mass is 282 g/mol.